The molecule has 23 heavy (non-hydrogen) atoms. The van der Waals surface area contributed by atoms with E-state index in [4.69, 9.17) is 9.40 Å². The van der Waals surface area contributed by atoms with E-state index in [0.29, 0.717) is 0 Å². The molecule has 0 aliphatic heterocycles. The minimum Gasteiger partial charge on any atom is -0.454 e. The highest BCUT2D eigenvalue weighted by Crippen LogP contribution is 2.36. The Balaban J connectivity index is 1.85. The van der Waals surface area contributed by atoms with Crippen LogP contribution in [0, 0.1) is 13.8 Å². The molecule has 2 aromatic heterocycles. The van der Waals surface area contributed by atoms with Crippen LogP contribution in [0.4, 0.5) is 0 Å². The molecule has 0 unspecified atom stereocenters. The van der Waals surface area contributed by atoms with E-state index in [2.05, 4.69) is 57.2 Å². The fourth-order valence-electron chi connectivity index (χ4n) is 3.01. The molecule has 0 bridgehead atoms. The van der Waals surface area contributed by atoms with E-state index in [-0.39, 0.29) is 0 Å². The molecule has 0 amide bonds. The van der Waals surface area contributed by atoms with Crippen LogP contribution in [0.5, 0.6) is 0 Å². The molecule has 0 spiro atoms. The van der Waals surface area contributed by atoms with E-state index in [1.807, 2.05) is 0 Å². The Morgan fingerprint density at radius 3 is 2.65 bits per heavy atom. The third-order valence-corrected chi connectivity index (χ3v) is 5.48. The molecule has 4 rings (SSSR count). The summed E-state index contributed by atoms with van der Waals surface area (Å²) in [6.07, 6.45) is 2.27. The molecule has 2 heterocycles. The summed E-state index contributed by atoms with van der Waals surface area (Å²) in [5.41, 5.74) is 5.89. The van der Waals surface area contributed by atoms with Crippen LogP contribution in [0.15, 0.2) is 40.8 Å². The normalized spacial score (nSPS) is 11.6. The number of aromatic nitrogens is 1. The Kier molecular flexibility index (Phi) is 3.46. The van der Waals surface area contributed by atoms with Gasteiger partial charge >= 0.3 is 0 Å². The molecule has 0 fully saturated rings. The van der Waals surface area contributed by atoms with Crippen LogP contribution in [0.2, 0.25) is 0 Å². The molecule has 0 saturated heterocycles. The maximum atomic E-state index is 6.04. The first-order valence-electron chi connectivity index (χ1n) is 8.05. The van der Waals surface area contributed by atoms with Gasteiger partial charge in [0.15, 0.2) is 10.8 Å². The van der Waals surface area contributed by atoms with Crippen LogP contribution in [0.3, 0.4) is 0 Å². The number of aryl methyl sites for hydroxylation is 3. The summed E-state index contributed by atoms with van der Waals surface area (Å²) in [5, 5.41) is 2.13. The summed E-state index contributed by atoms with van der Waals surface area (Å²) < 4.78 is 7.30. The smallest absolute Gasteiger partial charge is 0.164 e. The Hall–Kier alpha value is -2.13. The largest absolute Gasteiger partial charge is 0.454 e. The predicted octanol–water partition coefficient (Wildman–Crippen LogP) is 6.28. The van der Waals surface area contributed by atoms with Crippen molar-refractivity contribution in [2.24, 2.45) is 0 Å². The van der Waals surface area contributed by atoms with Crippen molar-refractivity contribution in [3.8, 4) is 10.8 Å². The average molecular weight is 321 g/mol. The lowest BCUT2D eigenvalue weighted by molar-refractivity contribution is 0.631. The van der Waals surface area contributed by atoms with Crippen molar-refractivity contribution in [3.63, 3.8) is 0 Å². The van der Waals surface area contributed by atoms with Crippen molar-refractivity contribution in [1.29, 1.82) is 0 Å². The monoisotopic (exact) mass is 321 g/mol. The van der Waals surface area contributed by atoms with Gasteiger partial charge in [0.05, 0.1) is 10.2 Å². The summed E-state index contributed by atoms with van der Waals surface area (Å²) >= 11 is 1.72. The Morgan fingerprint density at radius 1 is 1.04 bits per heavy atom. The Bertz CT molecular complexity index is 970. The van der Waals surface area contributed by atoms with Crippen molar-refractivity contribution >= 4 is 32.5 Å². The van der Waals surface area contributed by atoms with Crippen LogP contribution >= 0.6 is 11.3 Å². The summed E-state index contributed by atoms with van der Waals surface area (Å²) in [6.45, 7) is 6.46. The third-order valence-electron chi connectivity index (χ3n) is 4.27. The molecule has 2 nitrogen and oxygen atoms in total. The fourth-order valence-corrected chi connectivity index (χ4v) is 4.07. The van der Waals surface area contributed by atoms with Gasteiger partial charge in [0, 0.05) is 5.39 Å². The number of thiazole rings is 1. The first-order valence-corrected chi connectivity index (χ1v) is 8.87. The maximum absolute atomic E-state index is 6.04. The standard InChI is InChI=1S/C20H19NOS/c1-4-5-14-8-9-16-15(10-14)11-17(22-16)20-21-18-12(2)6-7-13(3)19(18)23-20/h6-11H,4-5H2,1-3H3. The number of nitrogens with zero attached hydrogens (tertiary/aromatic N) is 1. The van der Waals surface area contributed by atoms with Gasteiger partial charge in [-0.2, -0.15) is 0 Å². The minimum absolute atomic E-state index is 0.869. The zero-order valence-electron chi connectivity index (χ0n) is 13.6. The van der Waals surface area contributed by atoms with Crippen LogP contribution in [-0.4, -0.2) is 4.98 Å². The molecule has 4 aromatic rings. The van der Waals surface area contributed by atoms with Gasteiger partial charge in [-0.3, -0.25) is 0 Å². The summed E-state index contributed by atoms with van der Waals surface area (Å²) in [6, 6.07) is 12.9. The number of rotatable bonds is 3. The molecular weight excluding hydrogens is 302 g/mol. The number of furan rings is 1. The van der Waals surface area contributed by atoms with Crippen molar-refractivity contribution in [1.82, 2.24) is 4.98 Å². The average Bonchev–Trinajstić information content (AvgIpc) is 3.15. The molecule has 116 valence electrons. The summed E-state index contributed by atoms with van der Waals surface area (Å²) in [7, 11) is 0. The highest BCUT2D eigenvalue weighted by Gasteiger charge is 2.14. The Morgan fingerprint density at radius 2 is 1.87 bits per heavy atom. The van der Waals surface area contributed by atoms with Crippen molar-refractivity contribution in [3.05, 3.63) is 53.1 Å². The second-order valence-corrected chi connectivity index (χ2v) is 7.13. The van der Waals surface area contributed by atoms with Gasteiger partial charge in [0.1, 0.15) is 5.58 Å². The van der Waals surface area contributed by atoms with Gasteiger partial charge in [0.2, 0.25) is 0 Å². The van der Waals surface area contributed by atoms with E-state index >= 15 is 0 Å². The van der Waals surface area contributed by atoms with E-state index in [9.17, 15) is 0 Å². The highest BCUT2D eigenvalue weighted by atomic mass is 32.1. The molecule has 0 radical (unpaired) electrons. The zero-order valence-corrected chi connectivity index (χ0v) is 14.5. The maximum Gasteiger partial charge on any atom is 0.164 e. The number of benzene rings is 2. The van der Waals surface area contributed by atoms with Crippen LogP contribution in [0.1, 0.15) is 30.0 Å². The van der Waals surface area contributed by atoms with Gasteiger partial charge in [0.25, 0.3) is 0 Å². The SMILES string of the molecule is CCCc1ccc2oc(-c3nc4c(C)ccc(C)c4s3)cc2c1. The number of fused-ring (bicyclic) bond motifs is 2. The lowest BCUT2D eigenvalue weighted by Crippen LogP contribution is -1.80. The molecule has 0 saturated carbocycles. The van der Waals surface area contributed by atoms with Gasteiger partial charge in [-0.25, -0.2) is 4.98 Å². The van der Waals surface area contributed by atoms with Crippen molar-refractivity contribution < 1.29 is 4.42 Å². The second-order valence-electron chi connectivity index (χ2n) is 6.13. The lowest BCUT2D eigenvalue weighted by Gasteiger charge is -1.96. The minimum atomic E-state index is 0.869. The fraction of sp³-hybridized carbons (Fsp3) is 0.250. The summed E-state index contributed by atoms with van der Waals surface area (Å²) in [4.78, 5) is 4.82. The molecule has 3 heteroatoms. The van der Waals surface area contributed by atoms with Gasteiger partial charge in [-0.15, -0.1) is 11.3 Å². The molecule has 0 atom stereocenters. The topological polar surface area (TPSA) is 26.0 Å². The molecule has 2 aromatic carbocycles. The second kappa shape index (κ2) is 5.50. The van der Waals surface area contributed by atoms with E-state index in [0.717, 1.165) is 34.7 Å². The van der Waals surface area contributed by atoms with E-state index in [1.165, 1.54) is 26.8 Å². The molecule has 0 N–H and O–H groups in total. The van der Waals surface area contributed by atoms with Gasteiger partial charge in [-0.1, -0.05) is 31.5 Å². The quantitative estimate of drug-likeness (QED) is 0.444. The van der Waals surface area contributed by atoms with E-state index < -0.39 is 0 Å². The van der Waals surface area contributed by atoms with Crippen molar-refractivity contribution in [2.75, 3.05) is 0 Å². The van der Waals surface area contributed by atoms with Crippen LogP contribution < -0.4 is 0 Å². The molecule has 0 aliphatic carbocycles. The van der Waals surface area contributed by atoms with E-state index in [1.54, 1.807) is 11.3 Å². The number of hydrogen-bond acceptors (Lipinski definition) is 3. The molecule has 0 aliphatic rings. The predicted molar refractivity (Wildman–Crippen MR) is 98.3 cm³/mol. The third kappa shape index (κ3) is 2.45. The van der Waals surface area contributed by atoms with Crippen LogP contribution in [0.25, 0.3) is 32.0 Å². The van der Waals surface area contributed by atoms with Crippen molar-refractivity contribution in [2.45, 2.75) is 33.6 Å². The van der Waals surface area contributed by atoms with Gasteiger partial charge < -0.3 is 4.42 Å². The number of hydrogen-bond donors (Lipinski definition) is 0. The molecular formula is C20H19NOS. The van der Waals surface area contributed by atoms with Crippen LogP contribution in [-0.2, 0) is 6.42 Å². The first-order chi connectivity index (χ1) is 11.2. The first kappa shape index (κ1) is 14.5. The summed E-state index contributed by atoms with van der Waals surface area (Å²) in [5.74, 6) is 0.869. The zero-order chi connectivity index (χ0) is 16.0. The van der Waals surface area contributed by atoms with Gasteiger partial charge in [-0.05, 0) is 55.2 Å². The Labute approximate surface area is 139 Å². The highest BCUT2D eigenvalue weighted by molar-refractivity contribution is 7.21. The lowest BCUT2D eigenvalue weighted by atomic mass is 10.1.